The average molecular weight is 178 g/mol. The lowest BCUT2D eigenvalue weighted by Crippen LogP contribution is -1.77. The molecule has 0 saturated carbocycles. The molecular formula is C13H22. The molecule has 0 rings (SSSR count). The van der Waals surface area contributed by atoms with E-state index in [1.165, 1.54) is 6.42 Å². The summed E-state index contributed by atoms with van der Waals surface area (Å²) in [5.41, 5.74) is 1.55. The summed E-state index contributed by atoms with van der Waals surface area (Å²) in [6.07, 6.45) is 15.6. The van der Waals surface area contributed by atoms with Crippen LogP contribution in [0.5, 0.6) is 0 Å². The molecule has 0 bridgehead atoms. The van der Waals surface area contributed by atoms with Crippen LogP contribution in [0, 0.1) is 0 Å². The summed E-state index contributed by atoms with van der Waals surface area (Å²) in [4.78, 5) is 0. The van der Waals surface area contributed by atoms with E-state index in [2.05, 4.69) is 51.2 Å². The Labute approximate surface area is 83.0 Å². The number of allylic oxidation sites excluding steroid dienone is 6. The van der Waals surface area contributed by atoms with E-state index in [0.717, 1.165) is 19.3 Å². The zero-order valence-electron chi connectivity index (χ0n) is 9.22. The van der Waals surface area contributed by atoms with Crippen molar-refractivity contribution in [1.82, 2.24) is 0 Å². The molecular weight excluding hydrogens is 156 g/mol. The molecule has 0 saturated heterocycles. The van der Waals surface area contributed by atoms with Crippen LogP contribution in [0.25, 0.3) is 0 Å². The highest BCUT2D eigenvalue weighted by Crippen LogP contribution is 2.08. The van der Waals surface area contributed by atoms with Gasteiger partial charge in [0.2, 0.25) is 0 Å². The van der Waals surface area contributed by atoms with E-state index in [1.54, 1.807) is 5.57 Å². The fourth-order valence-corrected chi connectivity index (χ4v) is 1.17. The van der Waals surface area contributed by atoms with Crippen molar-refractivity contribution in [2.75, 3.05) is 0 Å². The van der Waals surface area contributed by atoms with Crippen molar-refractivity contribution >= 4 is 0 Å². The van der Waals surface area contributed by atoms with Gasteiger partial charge in [-0.25, -0.2) is 0 Å². The highest BCUT2D eigenvalue weighted by Gasteiger charge is 1.87. The molecule has 0 radical (unpaired) electrons. The third-order valence-electron chi connectivity index (χ3n) is 1.95. The topological polar surface area (TPSA) is 0 Å². The van der Waals surface area contributed by atoms with Crippen LogP contribution < -0.4 is 0 Å². The summed E-state index contributed by atoms with van der Waals surface area (Å²) < 4.78 is 0. The molecule has 0 aliphatic heterocycles. The SMILES string of the molecule is CC/C=C\C=C/C/C(=C/CC)CC. The van der Waals surface area contributed by atoms with Gasteiger partial charge in [0.05, 0.1) is 0 Å². The molecule has 13 heavy (non-hydrogen) atoms. The minimum Gasteiger partial charge on any atom is -0.0853 e. The Morgan fingerprint density at radius 2 is 1.62 bits per heavy atom. The lowest BCUT2D eigenvalue weighted by Gasteiger charge is -1.97. The molecule has 0 aliphatic rings. The Balaban J connectivity index is 3.77. The van der Waals surface area contributed by atoms with Gasteiger partial charge in [-0.1, -0.05) is 56.7 Å². The Hall–Kier alpha value is -0.780. The van der Waals surface area contributed by atoms with E-state index in [0.29, 0.717) is 0 Å². The second-order valence-corrected chi connectivity index (χ2v) is 3.09. The molecule has 0 heterocycles. The zero-order valence-corrected chi connectivity index (χ0v) is 9.22. The second kappa shape index (κ2) is 9.31. The summed E-state index contributed by atoms with van der Waals surface area (Å²) in [7, 11) is 0. The summed E-state index contributed by atoms with van der Waals surface area (Å²) >= 11 is 0. The first kappa shape index (κ1) is 12.2. The minimum absolute atomic E-state index is 1.11. The Morgan fingerprint density at radius 1 is 0.923 bits per heavy atom. The lowest BCUT2D eigenvalue weighted by molar-refractivity contribution is 1.00. The third-order valence-corrected chi connectivity index (χ3v) is 1.95. The van der Waals surface area contributed by atoms with Crippen molar-refractivity contribution in [2.24, 2.45) is 0 Å². The van der Waals surface area contributed by atoms with Gasteiger partial charge in [-0.05, 0) is 25.7 Å². The second-order valence-electron chi connectivity index (χ2n) is 3.09. The van der Waals surface area contributed by atoms with Crippen molar-refractivity contribution in [2.45, 2.75) is 46.5 Å². The third kappa shape index (κ3) is 7.58. The van der Waals surface area contributed by atoms with Gasteiger partial charge in [0.15, 0.2) is 0 Å². The smallest absolute Gasteiger partial charge is 0.0136 e. The van der Waals surface area contributed by atoms with E-state index >= 15 is 0 Å². The van der Waals surface area contributed by atoms with Crippen LogP contribution in [-0.2, 0) is 0 Å². The molecule has 0 amide bonds. The largest absolute Gasteiger partial charge is 0.0853 e. The van der Waals surface area contributed by atoms with Crippen LogP contribution in [0.4, 0.5) is 0 Å². The molecule has 0 aliphatic carbocycles. The molecule has 0 nitrogen and oxygen atoms in total. The van der Waals surface area contributed by atoms with E-state index < -0.39 is 0 Å². The predicted molar refractivity (Wildman–Crippen MR) is 61.9 cm³/mol. The van der Waals surface area contributed by atoms with Gasteiger partial charge in [-0.15, -0.1) is 0 Å². The van der Waals surface area contributed by atoms with Crippen LogP contribution in [-0.4, -0.2) is 0 Å². The molecule has 0 aromatic carbocycles. The van der Waals surface area contributed by atoms with Crippen LogP contribution >= 0.6 is 0 Å². The maximum absolute atomic E-state index is 2.33. The van der Waals surface area contributed by atoms with Crippen LogP contribution in [0.2, 0.25) is 0 Å². The number of rotatable bonds is 6. The van der Waals surface area contributed by atoms with Crippen LogP contribution in [0.15, 0.2) is 36.0 Å². The van der Waals surface area contributed by atoms with E-state index in [1.807, 2.05) is 0 Å². The fraction of sp³-hybridized carbons (Fsp3) is 0.538. The molecule has 74 valence electrons. The van der Waals surface area contributed by atoms with Gasteiger partial charge < -0.3 is 0 Å². The quantitative estimate of drug-likeness (QED) is 0.410. The minimum atomic E-state index is 1.11. The zero-order chi connectivity index (χ0) is 9.94. The van der Waals surface area contributed by atoms with Gasteiger partial charge in [0.1, 0.15) is 0 Å². The highest BCUT2D eigenvalue weighted by molar-refractivity contribution is 5.10. The van der Waals surface area contributed by atoms with E-state index in [4.69, 9.17) is 0 Å². The summed E-state index contributed by atoms with van der Waals surface area (Å²) in [5, 5.41) is 0. The molecule has 0 N–H and O–H groups in total. The number of hydrogen-bond donors (Lipinski definition) is 0. The maximum Gasteiger partial charge on any atom is -0.0136 e. The van der Waals surface area contributed by atoms with Crippen molar-refractivity contribution < 1.29 is 0 Å². The molecule has 0 heteroatoms. The standard InChI is InChI=1S/C13H22/c1-4-7-8-9-10-12-13(6-3)11-5-2/h7-11H,4-6,12H2,1-3H3/b8-7-,10-9-,13-11+. The van der Waals surface area contributed by atoms with Gasteiger partial charge in [0.25, 0.3) is 0 Å². The van der Waals surface area contributed by atoms with Gasteiger partial charge >= 0.3 is 0 Å². The molecule has 0 atom stereocenters. The van der Waals surface area contributed by atoms with Crippen molar-refractivity contribution in [3.63, 3.8) is 0 Å². The highest BCUT2D eigenvalue weighted by atomic mass is 13.9. The van der Waals surface area contributed by atoms with Gasteiger partial charge in [-0.2, -0.15) is 0 Å². The summed E-state index contributed by atoms with van der Waals surface area (Å²) in [5.74, 6) is 0. The molecule has 0 unspecified atom stereocenters. The van der Waals surface area contributed by atoms with Gasteiger partial charge in [-0.3, -0.25) is 0 Å². The Morgan fingerprint density at radius 3 is 2.15 bits per heavy atom. The van der Waals surface area contributed by atoms with Crippen molar-refractivity contribution in [3.8, 4) is 0 Å². The Kier molecular flexibility index (Phi) is 8.75. The summed E-state index contributed by atoms with van der Waals surface area (Å²) in [6.45, 7) is 6.56. The van der Waals surface area contributed by atoms with Crippen molar-refractivity contribution in [3.05, 3.63) is 36.0 Å². The summed E-state index contributed by atoms with van der Waals surface area (Å²) in [6, 6.07) is 0. The molecule has 0 fully saturated rings. The first-order valence-electron chi connectivity index (χ1n) is 5.34. The Bertz CT molecular complexity index is 182. The lowest BCUT2D eigenvalue weighted by atomic mass is 10.1. The predicted octanol–water partition coefficient (Wildman–Crippen LogP) is 4.65. The molecule has 0 aromatic heterocycles. The fourth-order valence-electron chi connectivity index (χ4n) is 1.17. The monoisotopic (exact) mass is 178 g/mol. The first-order valence-corrected chi connectivity index (χ1v) is 5.34. The molecule has 0 spiro atoms. The molecule has 0 aromatic rings. The van der Waals surface area contributed by atoms with Crippen molar-refractivity contribution in [1.29, 1.82) is 0 Å². The average Bonchev–Trinajstić information content (AvgIpc) is 2.16. The maximum atomic E-state index is 2.33. The van der Waals surface area contributed by atoms with Crippen LogP contribution in [0.3, 0.4) is 0 Å². The number of hydrogen-bond acceptors (Lipinski definition) is 0. The first-order chi connectivity index (χ1) is 6.35. The normalized spacial score (nSPS) is 13.3. The van der Waals surface area contributed by atoms with Gasteiger partial charge in [0, 0.05) is 0 Å². The van der Waals surface area contributed by atoms with E-state index in [-0.39, 0.29) is 0 Å². The van der Waals surface area contributed by atoms with Crippen LogP contribution in [0.1, 0.15) is 46.5 Å². The van der Waals surface area contributed by atoms with E-state index in [9.17, 15) is 0 Å².